The maximum atomic E-state index is 11.0. The summed E-state index contributed by atoms with van der Waals surface area (Å²) in [4.78, 5) is 11.0. The molecular weight excluding hydrogens is 535 g/mol. The van der Waals surface area contributed by atoms with Gasteiger partial charge in [-0.1, -0.05) is 0 Å². The van der Waals surface area contributed by atoms with Gasteiger partial charge < -0.3 is 16.8 Å². The molecule has 0 heterocycles. The minimum absolute atomic E-state index is 0.133. The maximum absolute atomic E-state index is 11.0. The first-order chi connectivity index (χ1) is 6.86. The molecular formula is C8H8I3N3O. The number of amides is 1. The van der Waals surface area contributed by atoms with Gasteiger partial charge >= 0.3 is 0 Å². The Hall–Kier alpha value is 0.480. The molecule has 0 atom stereocenters. The lowest BCUT2D eigenvalue weighted by molar-refractivity contribution is -0.114. The third kappa shape index (κ3) is 2.78. The summed E-state index contributed by atoms with van der Waals surface area (Å²) in [5.74, 6) is -0.133. The fraction of sp³-hybridized carbons (Fsp3) is 0.125. The Morgan fingerprint density at radius 3 is 1.80 bits per heavy atom. The highest BCUT2D eigenvalue weighted by Crippen LogP contribution is 2.38. The highest BCUT2D eigenvalue weighted by atomic mass is 127. The van der Waals surface area contributed by atoms with Gasteiger partial charge in [-0.15, -0.1) is 0 Å². The van der Waals surface area contributed by atoms with Crippen LogP contribution in [0.3, 0.4) is 0 Å². The van der Waals surface area contributed by atoms with Crippen LogP contribution in [0.5, 0.6) is 0 Å². The largest absolute Gasteiger partial charge is 0.397 e. The van der Waals surface area contributed by atoms with Crippen LogP contribution in [0, 0.1) is 10.7 Å². The number of nitrogens with one attached hydrogen (secondary N) is 1. The smallest absolute Gasteiger partial charge is 0.221 e. The van der Waals surface area contributed by atoms with E-state index in [1.165, 1.54) is 6.92 Å². The fourth-order valence-corrected chi connectivity index (χ4v) is 4.43. The van der Waals surface area contributed by atoms with Gasteiger partial charge in [-0.2, -0.15) is 0 Å². The van der Waals surface area contributed by atoms with E-state index in [9.17, 15) is 4.79 Å². The summed E-state index contributed by atoms with van der Waals surface area (Å²) >= 11 is 6.30. The molecule has 1 aromatic rings. The highest BCUT2D eigenvalue weighted by Gasteiger charge is 2.17. The number of benzene rings is 1. The summed E-state index contributed by atoms with van der Waals surface area (Å²) in [6, 6.07) is 0. The van der Waals surface area contributed by atoms with Gasteiger partial charge in [-0.3, -0.25) is 4.79 Å². The van der Waals surface area contributed by atoms with E-state index >= 15 is 0 Å². The van der Waals surface area contributed by atoms with Crippen LogP contribution in [0.4, 0.5) is 17.1 Å². The monoisotopic (exact) mass is 543 g/mol. The summed E-state index contributed by atoms with van der Waals surface area (Å²) < 4.78 is 2.48. The molecule has 7 heteroatoms. The van der Waals surface area contributed by atoms with E-state index < -0.39 is 0 Å². The molecule has 0 fully saturated rings. The molecule has 0 spiro atoms. The van der Waals surface area contributed by atoms with E-state index in [1.54, 1.807) is 0 Å². The molecule has 0 saturated heterocycles. The summed E-state index contributed by atoms with van der Waals surface area (Å²) in [5, 5.41) is 2.73. The molecule has 0 radical (unpaired) electrons. The van der Waals surface area contributed by atoms with Gasteiger partial charge in [0.25, 0.3) is 0 Å². The number of hydrogen-bond donors (Lipinski definition) is 3. The first-order valence-electron chi connectivity index (χ1n) is 3.85. The first kappa shape index (κ1) is 13.5. The summed E-state index contributed by atoms with van der Waals surface area (Å²) in [7, 11) is 0. The molecule has 1 rings (SSSR count). The zero-order valence-corrected chi connectivity index (χ0v) is 14.2. The molecule has 1 aromatic carbocycles. The highest BCUT2D eigenvalue weighted by molar-refractivity contribution is 14.1. The topological polar surface area (TPSA) is 81.1 Å². The minimum Gasteiger partial charge on any atom is -0.397 e. The number of nitrogen functional groups attached to an aromatic ring is 2. The molecule has 0 aliphatic rings. The van der Waals surface area contributed by atoms with Gasteiger partial charge in [0.05, 0.1) is 27.8 Å². The van der Waals surface area contributed by atoms with E-state index in [-0.39, 0.29) is 5.91 Å². The number of carbonyl (C=O) groups excluding carboxylic acids is 1. The summed E-state index contributed by atoms with van der Waals surface area (Å²) in [5.41, 5.74) is 13.7. The van der Waals surface area contributed by atoms with E-state index in [1.807, 2.05) is 0 Å². The Morgan fingerprint density at radius 2 is 1.47 bits per heavy atom. The Morgan fingerprint density at radius 1 is 1.07 bits per heavy atom. The number of nitrogens with two attached hydrogens (primary N) is 2. The van der Waals surface area contributed by atoms with Crippen LogP contribution in [0.1, 0.15) is 6.92 Å². The van der Waals surface area contributed by atoms with E-state index in [0.717, 1.165) is 10.7 Å². The van der Waals surface area contributed by atoms with Crippen LogP contribution in [0.25, 0.3) is 0 Å². The number of anilines is 3. The van der Waals surface area contributed by atoms with Crippen molar-refractivity contribution in [1.29, 1.82) is 0 Å². The van der Waals surface area contributed by atoms with Gasteiger partial charge in [-0.25, -0.2) is 0 Å². The molecule has 0 bridgehead atoms. The number of carbonyl (C=O) groups is 1. The molecule has 0 aliphatic heterocycles. The van der Waals surface area contributed by atoms with Crippen molar-refractivity contribution in [2.45, 2.75) is 6.92 Å². The fourth-order valence-electron chi connectivity index (χ4n) is 0.989. The van der Waals surface area contributed by atoms with Gasteiger partial charge in [0.15, 0.2) is 0 Å². The van der Waals surface area contributed by atoms with Gasteiger partial charge in [0, 0.05) is 6.92 Å². The second-order valence-corrected chi connectivity index (χ2v) is 6.06. The summed E-state index contributed by atoms with van der Waals surface area (Å²) in [6.45, 7) is 1.45. The molecule has 5 N–H and O–H groups in total. The second-order valence-electron chi connectivity index (χ2n) is 2.83. The summed E-state index contributed by atoms with van der Waals surface area (Å²) in [6.07, 6.45) is 0. The van der Waals surface area contributed by atoms with Crippen molar-refractivity contribution < 1.29 is 4.79 Å². The quantitative estimate of drug-likeness (QED) is 0.377. The Kier molecular flexibility index (Phi) is 4.70. The lowest BCUT2D eigenvalue weighted by atomic mass is 10.2. The molecule has 0 unspecified atom stereocenters. The van der Waals surface area contributed by atoms with Crippen LogP contribution in [0.2, 0.25) is 0 Å². The van der Waals surface area contributed by atoms with Crippen LogP contribution in [0.15, 0.2) is 0 Å². The van der Waals surface area contributed by atoms with Crippen molar-refractivity contribution in [3.8, 4) is 0 Å². The molecule has 0 aromatic heterocycles. The van der Waals surface area contributed by atoms with Gasteiger partial charge in [-0.05, 0) is 67.8 Å². The second kappa shape index (κ2) is 5.21. The predicted octanol–water partition coefficient (Wildman–Crippen LogP) is 2.62. The molecule has 0 aliphatic carbocycles. The molecule has 15 heavy (non-hydrogen) atoms. The van der Waals surface area contributed by atoms with Crippen molar-refractivity contribution in [3.05, 3.63) is 10.7 Å². The average Bonchev–Trinajstić information content (AvgIpc) is 2.18. The van der Waals surface area contributed by atoms with E-state index in [0.29, 0.717) is 17.1 Å². The third-order valence-corrected chi connectivity index (χ3v) is 5.09. The van der Waals surface area contributed by atoms with Crippen molar-refractivity contribution in [2.24, 2.45) is 0 Å². The third-order valence-electron chi connectivity index (χ3n) is 1.69. The molecule has 82 valence electrons. The molecule has 1 amide bonds. The number of rotatable bonds is 1. The van der Waals surface area contributed by atoms with E-state index in [2.05, 4.69) is 73.1 Å². The predicted molar refractivity (Wildman–Crippen MR) is 87.7 cm³/mol. The zero-order valence-electron chi connectivity index (χ0n) is 7.70. The van der Waals surface area contributed by atoms with Crippen LogP contribution in [-0.4, -0.2) is 5.91 Å². The Labute approximate surface area is 128 Å². The molecule has 0 saturated carbocycles. The van der Waals surface area contributed by atoms with Crippen molar-refractivity contribution in [2.75, 3.05) is 16.8 Å². The van der Waals surface area contributed by atoms with Crippen LogP contribution >= 0.6 is 67.8 Å². The van der Waals surface area contributed by atoms with Gasteiger partial charge in [0.2, 0.25) is 5.91 Å². The lowest BCUT2D eigenvalue weighted by Gasteiger charge is -2.14. The standard InChI is InChI=1S/C8H8I3N3O/c1-2(15)14-8-4(10)6(12)3(9)7(13)5(8)11/h12-13H2,1H3,(H,14,15). The van der Waals surface area contributed by atoms with Gasteiger partial charge in [0.1, 0.15) is 0 Å². The zero-order chi connectivity index (χ0) is 11.7. The van der Waals surface area contributed by atoms with E-state index in [4.69, 9.17) is 11.5 Å². The van der Waals surface area contributed by atoms with Crippen molar-refractivity contribution >= 4 is 90.7 Å². The Balaban J connectivity index is 3.45. The van der Waals surface area contributed by atoms with Crippen molar-refractivity contribution in [1.82, 2.24) is 0 Å². The number of halogens is 3. The normalized spacial score (nSPS) is 10.1. The Bertz CT molecular complexity index is 405. The minimum atomic E-state index is -0.133. The van der Waals surface area contributed by atoms with Crippen LogP contribution in [-0.2, 0) is 4.79 Å². The maximum Gasteiger partial charge on any atom is 0.221 e. The van der Waals surface area contributed by atoms with Crippen molar-refractivity contribution in [3.63, 3.8) is 0 Å². The first-order valence-corrected chi connectivity index (χ1v) is 7.08. The lowest BCUT2D eigenvalue weighted by Crippen LogP contribution is -2.12. The SMILES string of the molecule is CC(=O)Nc1c(I)c(N)c(I)c(N)c1I. The number of hydrogen-bond acceptors (Lipinski definition) is 3. The molecule has 4 nitrogen and oxygen atoms in total. The average molecular weight is 543 g/mol. The van der Waals surface area contributed by atoms with Crippen LogP contribution < -0.4 is 16.8 Å².